The van der Waals surface area contributed by atoms with Gasteiger partial charge >= 0.3 is 12.1 Å². The van der Waals surface area contributed by atoms with E-state index in [1.165, 1.54) is 18.7 Å². The van der Waals surface area contributed by atoms with Crippen LogP contribution in [0.1, 0.15) is 66.8 Å². The van der Waals surface area contributed by atoms with Crippen LogP contribution in [0.3, 0.4) is 0 Å². The molecule has 0 bridgehead atoms. The summed E-state index contributed by atoms with van der Waals surface area (Å²) in [5.74, 6) is -4.04. The number of likely N-dealkylation sites (tertiary alicyclic amines) is 1. The minimum atomic E-state index is -4.95. The molecule has 3 amide bonds. The van der Waals surface area contributed by atoms with Gasteiger partial charge in [-0.3, -0.25) is 14.4 Å². The monoisotopic (exact) mass is 655 g/mol. The van der Waals surface area contributed by atoms with E-state index in [0.717, 1.165) is 5.56 Å². The Bertz CT molecular complexity index is 1590. The van der Waals surface area contributed by atoms with Crippen molar-refractivity contribution in [1.82, 2.24) is 15.5 Å². The minimum absolute atomic E-state index is 0.00293. The average molecular weight is 656 g/mol. The highest BCUT2D eigenvalue weighted by Gasteiger charge is 2.47. The SMILES string of the molecule is CC(C)C(NC(=O)[C@@H]1CCCN1C(=O)[C@@H](NC(=O)c1cc2ccccc2cc1C(=O)OCc1ccccc1)C(C)C)C(O)C(F)(F)F. The van der Waals surface area contributed by atoms with Crippen LogP contribution in [0, 0.1) is 11.8 Å². The van der Waals surface area contributed by atoms with Crippen LogP contribution < -0.4 is 10.6 Å². The zero-order valence-corrected chi connectivity index (χ0v) is 26.7. The Kier molecular flexibility index (Phi) is 11.3. The predicted octanol–water partition coefficient (Wildman–Crippen LogP) is 5.01. The first-order valence-corrected chi connectivity index (χ1v) is 15.6. The number of aliphatic hydroxyl groups is 1. The molecule has 1 heterocycles. The van der Waals surface area contributed by atoms with E-state index in [2.05, 4.69) is 10.6 Å². The molecule has 252 valence electrons. The van der Waals surface area contributed by atoms with Crippen molar-refractivity contribution in [3.05, 3.63) is 83.4 Å². The van der Waals surface area contributed by atoms with Crippen LogP contribution in [0.4, 0.5) is 13.2 Å². The number of hydrogen-bond donors (Lipinski definition) is 3. The van der Waals surface area contributed by atoms with Crippen LogP contribution in [0.5, 0.6) is 0 Å². The van der Waals surface area contributed by atoms with Crippen LogP contribution >= 0.6 is 0 Å². The van der Waals surface area contributed by atoms with Gasteiger partial charge in [0.1, 0.15) is 18.7 Å². The van der Waals surface area contributed by atoms with Crippen LogP contribution in [-0.4, -0.2) is 70.6 Å². The molecule has 3 aromatic carbocycles. The van der Waals surface area contributed by atoms with Crippen LogP contribution in [0.15, 0.2) is 66.7 Å². The van der Waals surface area contributed by atoms with Crippen LogP contribution in [0.2, 0.25) is 0 Å². The molecular weight excluding hydrogens is 615 g/mol. The molecule has 3 N–H and O–H groups in total. The largest absolute Gasteiger partial charge is 0.457 e. The smallest absolute Gasteiger partial charge is 0.416 e. The van der Waals surface area contributed by atoms with Gasteiger partial charge in [-0.05, 0) is 53.1 Å². The van der Waals surface area contributed by atoms with Gasteiger partial charge < -0.3 is 25.4 Å². The Morgan fingerprint density at radius 3 is 2.06 bits per heavy atom. The van der Waals surface area contributed by atoms with E-state index in [1.54, 1.807) is 62.4 Å². The van der Waals surface area contributed by atoms with Gasteiger partial charge in [0.25, 0.3) is 5.91 Å². The summed E-state index contributed by atoms with van der Waals surface area (Å²) in [6.45, 7) is 6.43. The number of halogens is 3. The van der Waals surface area contributed by atoms with Crippen molar-refractivity contribution in [2.75, 3.05) is 6.54 Å². The number of rotatable bonds is 11. The number of nitrogens with zero attached hydrogens (tertiary/aromatic N) is 1. The number of amides is 3. The Labute approximate surface area is 271 Å². The molecule has 4 rings (SSSR count). The van der Waals surface area contributed by atoms with Crippen molar-refractivity contribution in [1.29, 1.82) is 0 Å². The molecule has 2 unspecified atom stereocenters. The van der Waals surface area contributed by atoms with E-state index in [1.807, 2.05) is 18.2 Å². The van der Waals surface area contributed by atoms with Gasteiger partial charge in [-0.25, -0.2) is 4.79 Å². The van der Waals surface area contributed by atoms with E-state index in [0.29, 0.717) is 17.2 Å². The molecule has 0 spiro atoms. The van der Waals surface area contributed by atoms with Crippen molar-refractivity contribution >= 4 is 34.5 Å². The molecule has 0 aliphatic carbocycles. The van der Waals surface area contributed by atoms with Crippen LogP contribution in [-0.2, 0) is 20.9 Å². The van der Waals surface area contributed by atoms with E-state index < -0.39 is 65.9 Å². The summed E-state index contributed by atoms with van der Waals surface area (Å²) in [6, 6.07) is 15.5. The number of benzene rings is 3. The highest BCUT2D eigenvalue weighted by Crippen LogP contribution is 2.27. The molecule has 0 saturated carbocycles. The normalized spacial score (nSPS) is 17.0. The highest BCUT2D eigenvalue weighted by atomic mass is 19.4. The molecule has 9 nitrogen and oxygen atoms in total. The maximum absolute atomic E-state index is 13.9. The maximum Gasteiger partial charge on any atom is 0.416 e. The van der Waals surface area contributed by atoms with Gasteiger partial charge in [-0.15, -0.1) is 0 Å². The van der Waals surface area contributed by atoms with Crippen molar-refractivity contribution in [2.45, 2.75) is 77.5 Å². The number of carbonyl (C=O) groups excluding carboxylic acids is 4. The molecule has 1 fully saturated rings. The molecular formula is C35H40F3N3O6. The number of alkyl halides is 3. The molecule has 12 heteroatoms. The van der Waals surface area contributed by atoms with Gasteiger partial charge in [-0.2, -0.15) is 13.2 Å². The summed E-state index contributed by atoms with van der Waals surface area (Å²) in [7, 11) is 0. The number of ether oxygens (including phenoxy) is 1. The van der Waals surface area contributed by atoms with E-state index in [4.69, 9.17) is 4.74 Å². The molecule has 1 saturated heterocycles. The average Bonchev–Trinajstić information content (AvgIpc) is 3.53. The third kappa shape index (κ3) is 8.48. The molecule has 0 radical (unpaired) electrons. The molecule has 1 aliphatic heterocycles. The predicted molar refractivity (Wildman–Crippen MR) is 169 cm³/mol. The summed E-state index contributed by atoms with van der Waals surface area (Å²) < 4.78 is 45.4. The fourth-order valence-corrected chi connectivity index (χ4v) is 5.69. The number of aliphatic hydroxyl groups excluding tert-OH is 1. The third-order valence-corrected chi connectivity index (χ3v) is 8.32. The first-order valence-electron chi connectivity index (χ1n) is 15.6. The number of carbonyl (C=O) groups is 4. The Morgan fingerprint density at radius 1 is 0.894 bits per heavy atom. The van der Waals surface area contributed by atoms with Gasteiger partial charge in [0, 0.05) is 6.54 Å². The zero-order valence-electron chi connectivity index (χ0n) is 26.7. The number of esters is 1. The Morgan fingerprint density at radius 2 is 1.49 bits per heavy atom. The molecule has 4 atom stereocenters. The van der Waals surface area contributed by atoms with Crippen LogP contribution in [0.25, 0.3) is 10.8 Å². The van der Waals surface area contributed by atoms with E-state index in [-0.39, 0.29) is 30.7 Å². The second kappa shape index (κ2) is 15.0. The van der Waals surface area contributed by atoms with Crippen molar-refractivity contribution in [3.8, 4) is 0 Å². The Balaban J connectivity index is 1.56. The number of fused-ring (bicyclic) bond motifs is 1. The lowest BCUT2D eigenvalue weighted by Crippen LogP contribution is -2.59. The first-order chi connectivity index (χ1) is 22.2. The topological polar surface area (TPSA) is 125 Å². The second-order valence-corrected chi connectivity index (χ2v) is 12.5. The number of hydrogen-bond acceptors (Lipinski definition) is 6. The summed E-state index contributed by atoms with van der Waals surface area (Å²) in [6.07, 6.45) is -7.12. The third-order valence-electron chi connectivity index (χ3n) is 8.32. The molecule has 3 aromatic rings. The minimum Gasteiger partial charge on any atom is -0.457 e. The fraction of sp³-hybridized carbons (Fsp3) is 0.429. The molecule has 1 aliphatic rings. The van der Waals surface area contributed by atoms with Crippen molar-refractivity contribution in [2.24, 2.45) is 11.8 Å². The standard InChI is InChI=1S/C35H40F3N3O6/c1-20(2)28(30(42)35(36,37)38)39-32(44)27-15-10-16-41(27)33(45)29(21(3)4)40-31(43)25-17-23-13-8-9-14-24(23)18-26(25)34(46)47-19-22-11-6-5-7-12-22/h5-9,11-14,17-18,20-21,27-30,42H,10,15-16,19H2,1-4H3,(H,39,44)(H,40,43)/t27-,28?,29-,30?/m0/s1. The van der Waals surface area contributed by atoms with Crippen molar-refractivity contribution < 1.29 is 42.2 Å². The highest BCUT2D eigenvalue weighted by molar-refractivity contribution is 6.10. The van der Waals surface area contributed by atoms with E-state index >= 15 is 0 Å². The van der Waals surface area contributed by atoms with Gasteiger partial charge in [-0.1, -0.05) is 82.3 Å². The molecule has 0 aromatic heterocycles. The summed E-state index contributed by atoms with van der Waals surface area (Å²) in [4.78, 5) is 55.5. The molecule has 47 heavy (non-hydrogen) atoms. The first kappa shape index (κ1) is 35.4. The Hall–Kier alpha value is -4.45. The summed E-state index contributed by atoms with van der Waals surface area (Å²) >= 11 is 0. The van der Waals surface area contributed by atoms with Crippen molar-refractivity contribution in [3.63, 3.8) is 0 Å². The van der Waals surface area contributed by atoms with Gasteiger partial charge in [0.15, 0.2) is 6.10 Å². The second-order valence-electron chi connectivity index (χ2n) is 12.5. The zero-order chi connectivity index (χ0) is 34.5. The fourth-order valence-electron chi connectivity index (χ4n) is 5.69. The number of nitrogens with one attached hydrogen (secondary N) is 2. The lowest BCUT2D eigenvalue weighted by Gasteiger charge is -2.33. The quantitative estimate of drug-likeness (QED) is 0.250. The van der Waals surface area contributed by atoms with Gasteiger partial charge in [0.05, 0.1) is 17.2 Å². The van der Waals surface area contributed by atoms with E-state index in [9.17, 15) is 37.5 Å². The summed E-state index contributed by atoms with van der Waals surface area (Å²) in [5.41, 5.74) is 0.764. The lowest BCUT2D eigenvalue weighted by atomic mass is 9.97. The lowest BCUT2D eigenvalue weighted by molar-refractivity contribution is -0.215. The maximum atomic E-state index is 13.9. The van der Waals surface area contributed by atoms with Gasteiger partial charge in [0.2, 0.25) is 11.8 Å². The summed E-state index contributed by atoms with van der Waals surface area (Å²) in [5, 5.41) is 16.3.